The molecule has 2 saturated heterocycles. The van der Waals surface area contributed by atoms with Gasteiger partial charge < -0.3 is 10.6 Å². The van der Waals surface area contributed by atoms with Gasteiger partial charge in [0.25, 0.3) is 0 Å². The molecule has 0 aromatic heterocycles. The molecule has 0 spiro atoms. The summed E-state index contributed by atoms with van der Waals surface area (Å²) in [7, 11) is 0. The molecule has 2 atom stereocenters. The Morgan fingerprint density at radius 2 is 2.38 bits per heavy atom. The number of halogens is 1. The van der Waals surface area contributed by atoms with Crippen LogP contribution in [0.15, 0.2) is 0 Å². The summed E-state index contributed by atoms with van der Waals surface area (Å²) in [6.07, 6.45) is 3.32. The fraction of sp³-hybridized carbons (Fsp3) is 1.00. The van der Waals surface area contributed by atoms with Crippen LogP contribution in [0.1, 0.15) is 19.3 Å². The van der Waals surface area contributed by atoms with Crippen molar-refractivity contribution in [1.82, 2.24) is 16.0 Å². The van der Waals surface area contributed by atoms with Gasteiger partial charge in [-0.1, -0.05) is 0 Å². The van der Waals surface area contributed by atoms with Gasteiger partial charge >= 0.3 is 0 Å². The highest BCUT2D eigenvalue weighted by Crippen LogP contribution is 2.18. The standard InChI is InChI=1S/C9H18FN3/c10-9(3-5-11-6-9)7-13-8-2-1-4-12-8/h8,11-13H,1-7H2. The number of hydrogen-bond acceptors (Lipinski definition) is 3. The van der Waals surface area contributed by atoms with Gasteiger partial charge in [0.2, 0.25) is 0 Å². The first-order valence-electron chi connectivity index (χ1n) is 5.15. The van der Waals surface area contributed by atoms with E-state index in [-0.39, 0.29) is 0 Å². The first-order valence-corrected chi connectivity index (χ1v) is 5.15. The molecule has 0 radical (unpaired) electrons. The fourth-order valence-electron chi connectivity index (χ4n) is 2.03. The van der Waals surface area contributed by atoms with E-state index in [2.05, 4.69) is 16.0 Å². The molecule has 3 N–H and O–H groups in total. The lowest BCUT2D eigenvalue weighted by molar-refractivity contribution is 0.177. The van der Waals surface area contributed by atoms with Gasteiger partial charge in [-0.3, -0.25) is 5.32 Å². The van der Waals surface area contributed by atoms with E-state index < -0.39 is 5.67 Å². The first kappa shape index (κ1) is 9.37. The third-order valence-corrected chi connectivity index (χ3v) is 2.92. The molecular formula is C9H18FN3. The summed E-state index contributed by atoms with van der Waals surface area (Å²) >= 11 is 0. The summed E-state index contributed by atoms with van der Waals surface area (Å²) < 4.78 is 13.8. The highest BCUT2D eigenvalue weighted by Gasteiger charge is 2.33. The predicted octanol–water partition coefficient (Wildman–Crippen LogP) is -0.0129. The van der Waals surface area contributed by atoms with Gasteiger partial charge in [-0.2, -0.15) is 0 Å². The molecular weight excluding hydrogens is 169 g/mol. The summed E-state index contributed by atoms with van der Waals surface area (Å²) in [4.78, 5) is 0. The maximum atomic E-state index is 13.8. The van der Waals surface area contributed by atoms with E-state index in [0.29, 0.717) is 25.7 Å². The molecule has 2 fully saturated rings. The quantitative estimate of drug-likeness (QED) is 0.581. The van der Waals surface area contributed by atoms with E-state index in [1.807, 2.05) is 0 Å². The second-order valence-corrected chi connectivity index (χ2v) is 4.11. The van der Waals surface area contributed by atoms with Gasteiger partial charge in [0.15, 0.2) is 0 Å². The minimum atomic E-state index is -1.01. The average molecular weight is 187 g/mol. The van der Waals surface area contributed by atoms with Gasteiger partial charge in [0, 0.05) is 13.1 Å². The maximum Gasteiger partial charge on any atom is 0.137 e. The lowest BCUT2D eigenvalue weighted by Crippen LogP contribution is -2.46. The van der Waals surface area contributed by atoms with E-state index in [4.69, 9.17) is 0 Å². The molecule has 0 aromatic rings. The Labute approximate surface area is 78.5 Å². The van der Waals surface area contributed by atoms with Gasteiger partial charge in [-0.05, 0) is 32.4 Å². The predicted molar refractivity (Wildman–Crippen MR) is 50.4 cm³/mol. The zero-order chi connectivity index (χ0) is 9.15. The Balaban J connectivity index is 1.71. The van der Waals surface area contributed by atoms with Crippen molar-refractivity contribution in [3.05, 3.63) is 0 Å². The molecule has 0 saturated carbocycles. The number of rotatable bonds is 3. The van der Waals surface area contributed by atoms with Crippen LogP contribution >= 0.6 is 0 Å². The van der Waals surface area contributed by atoms with Crippen molar-refractivity contribution in [2.45, 2.75) is 31.1 Å². The molecule has 0 aromatic carbocycles. The highest BCUT2D eigenvalue weighted by atomic mass is 19.1. The van der Waals surface area contributed by atoms with Gasteiger partial charge in [-0.25, -0.2) is 4.39 Å². The zero-order valence-corrected chi connectivity index (χ0v) is 7.91. The Morgan fingerprint density at radius 3 is 3.00 bits per heavy atom. The van der Waals surface area contributed by atoms with Crippen molar-refractivity contribution in [3.63, 3.8) is 0 Å². The molecule has 2 aliphatic heterocycles. The molecule has 2 heterocycles. The van der Waals surface area contributed by atoms with Gasteiger partial charge in [0.1, 0.15) is 5.67 Å². The Hall–Kier alpha value is -0.190. The topological polar surface area (TPSA) is 36.1 Å². The van der Waals surface area contributed by atoms with Crippen LogP contribution in [0.4, 0.5) is 4.39 Å². The molecule has 2 aliphatic rings. The fourth-order valence-corrected chi connectivity index (χ4v) is 2.03. The van der Waals surface area contributed by atoms with Crippen molar-refractivity contribution in [1.29, 1.82) is 0 Å². The Morgan fingerprint density at radius 1 is 1.46 bits per heavy atom. The monoisotopic (exact) mass is 187 g/mol. The van der Waals surface area contributed by atoms with Crippen LogP contribution in [0.2, 0.25) is 0 Å². The lowest BCUT2D eigenvalue weighted by atomic mass is 10.1. The van der Waals surface area contributed by atoms with Crippen LogP contribution in [0.3, 0.4) is 0 Å². The van der Waals surface area contributed by atoms with E-state index in [1.165, 1.54) is 6.42 Å². The van der Waals surface area contributed by atoms with E-state index in [0.717, 1.165) is 19.5 Å². The van der Waals surface area contributed by atoms with E-state index in [9.17, 15) is 4.39 Å². The van der Waals surface area contributed by atoms with Crippen molar-refractivity contribution < 1.29 is 4.39 Å². The summed E-state index contributed by atoms with van der Waals surface area (Å²) in [5.74, 6) is 0. The second kappa shape index (κ2) is 3.90. The van der Waals surface area contributed by atoms with E-state index in [1.54, 1.807) is 0 Å². The number of alkyl halides is 1. The minimum Gasteiger partial charge on any atom is -0.313 e. The van der Waals surface area contributed by atoms with Crippen LogP contribution in [0.25, 0.3) is 0 Å². The van der Waals surface area contributed by atoms with Crippen LogP contribution in [0.5, 0.6) is 0 Å². The largest absolute Gasteiger partial charge is 0.313 e. The Bertz CT molecular complexity index is 162. The summed E-state index contributed by atoms with van der Waals surface area (Å²) in [6, 6.07) is 0. The highest BCUT2D eigenvalue weighted by molar-refractivity contribution is 4.91. The molecule has 2 unspecified atom stereocenters. The molecule has 2 rings (SSSR count). The van der Waals surface area contributed by atoms with Crippen molar-refractivity contribution in [2.24, 2.45) is 0 Å². The van der Waals surface area contributed by atoms with Crippen molar-refractivity contribution in [2.75, 3.05) is 26.2 Å². The van der Waals surface area contributed by atoms with Crippen LogP contribution in [-0.4, -0.2) is 38.0 Å². The molecule has 76 valence electrons. The zero-order valence-electron chi connectivity index (χ0n) is 7.91. The number of nitrogens with one attached hydrogen (secondary N) is 3. The SMILES string of the molecule is FC1(CNC2CCCN2)CCNC1. The molecule has 4 heteroatoms. The minimum absolute atomic E-state index is 0.341. The summed E-state index contributed by atoms with van der Waals surface area (Å²) in [6.45, 7) is 2.87. The number of hydrogen-bond donors (Lipinski definition) is 3. The third kappa shape index (κ3) is 2.39. The van der Waals surface area contributed by atoms with Crippen LogP contribution in [0, 0.1) is 0 Å². The van der Waals surface area contributed by atoms with Crippen molar-refractivity contribution in [3.8, 4) is 0 Å². The smallest absolute Gasteiger partial charge is 0.137 e. The third-order valence-electron chi connectivity index (χ3n) is 2.92. The first-order chi connectivity index (χ1) is 6.29. The maximum absolute atomic E-state index is 13.8. The lowest BCUT2D eigenvalue weighted by Gasteiger charge is -2.21. The average Bonchev–Trinajstić information content (AvgIpc) is 2.72. The van der Waals surface area contributed by atoms with Gasteiger partial charge in [0.05, 0.1) is 6.17 Å². The van der Waals surface area contributed by atoms with Crippen LogP contribution < -0.4 is 16.0 Å². The Kier molecular flexibility index (Phi) is 2.81. The molecule has 3 nitrogen and oxygen atoms in total. The van der Waals surface area contributed by atoms with Gasteiger partial charge in [-0.15, -0.1) is 0 Å². The molecule has 13 heavy (non-hydrogen) atoms. The summed E-state index contributed by atoms with van der Waals surface area (Å²) in [5.41, 5.74) is -1.01. The molecule has 0 aliphatic carbocycles. The van der Waals surface area contributed by atoms with Crippen LogP contribution in [-0.2, 0) is 0 Å². The van der Waals surface area contributed by atoms with Crippen molar-refractivity contribution >= 4 is 0 Å². The second-order valence-electron chi connectivity index (χ2n) is 4.11. The summed E-state index contributed by atoms with van der Waals surface area (Å²) in [5, 5.41) is 9.59. The van der Waals surface area contributed by atoms with E-state index >= 15 is 0 Å². The molecule has 0 amide bonds. The normalized spacial score (nSPS) is 39.9. The molecule has 0 bridgehead atoms.